The third-order valence-corrected chi connectivity index (χ3v) is 3.13. The Hall–Kier alpha value is -2.70. The van der Waals surface area contributed by atoms with E-state index in [2.05, 4.69) is 25.6 Å². The molecule has 0 aliphatic heterocycles. The van der Waals surface area contributed by atoms with Crippen molar-refractivity contribution in [2.45, 2.75) is 13.5 Å². The Morgan fingerprint density at radius 3 is 3.05 bits per heavy atom. The predicted octanol–water partition coefficient (Wildman–Crippen LogP) is 0.930. The van der Waals surface area contributed by atoms with Gasteiger partial charge in [0.25, 0.3) is 5.91 Å². The molecule has 0 saturated carbocycles. The molecule has 0 unspecified atom stereocenters. The third-order valence-electron chi connectivity index (χ3n) is 3.13. The minimum absolute atomic E-state index is 0.163. The van der Waals surface area contributed by atoms with Gasteiger partial charge in [0.05, 0.1) is 17.5 Å². The number of aromatic nitrogens is 5. The first-order chi connectivity index (χ1) is 9.65. The highest BCUT2D eigenvalue weighted by Gasteiger charge is 2.11. The number of nitrogens with one attached hydrogen (secondary N) is 2. The van der Waals surface area contributed by atoms with E-state index in [1.165, 1.54) is 0 Å². The number of hydrogen-bond donors (Lipinski definition) is 2. The Balaban J connectivity index is 1.82. The zero-order chi connectivity index (χ0) is 14.1. The second kappa shape index (κ2) is 4.76. The highest BCUT2D eigenvalue weighted by Crippen LogP contribution is 2.16. The van der Waals surface area contributed by atoms with Gasteiger partial charge in [-0.15, -0.1) is 0 Å². The minimum Gasteiger partial charge on any atom is -0.348 e. The largest absolute Gasteiger partial charge is 0.348 e. The van der Waals surface area contributed by atoms with E-state index in [0.29, 0.717) is 12.1 Å². The summed E-state index contributed by atoms with van der Waals surface area (Å²) in [5.74, 6) is -0.163. The molecular formula is C13H14N6O. The molecule has 2 N–H and O–H groups in total. The van der Waals surface area contributed by atoms with Crippen LogP contribution in [0.4, 0.5) is 0 Å². The lowest BCUT2D eigenvalue weighted by Crippen LogP contribution is -2.22. The highest BCUT2D eigenvalue weighted by molar-refractivity contribution is 5.97. The van der Waals surface area contributed by atoms with Crippen molar-refractivity contribution < 1.29 is 4.79 Å². The molecule has 20 heavy (non-hydrogen) atoms. The number of amides is 1. The molecule has 0 fully saturated rings. The molecule has 0 saturated heterocycles. The molecule has 0 bridgehead atoms. The molecule has 7 heteroatoms. The fraction of sp³-hybridized carbons (Fsp3) is 0.231. The molecule has 0 aliphatic carbocycles. The van der Waals surface area contributed by atoms with Crippen LogP contribution in [0.5, 0.6) is 0 Å². The van der Waals surface area contributed by atoms with E-state index in [0.717, 1.165) is 22.3 Å². The summed E-state index contributed by atoms with van der Waals surface area (Å²) in [5, 5.41) is 14.5. The molecule has 1 amide bonds. The van der Waals surface area contributed by atoms with Crippen LogP contribution in [0.2, 0.25) is 0 Å². The smallest absolute Gasteiger partial charge is 0.253 e. The molecular weight excluding hydrogens is 256 g/mol. The van der Waals surface area contributed by atoms with Gasteiger partial charge in [0.2, 0.25) is 0 Å². The molecule has 0 atom stereocenters. The molecule has 3 aromatic rings. The number of fused-ring (bicyclic) bond motifs is 1. The third kappa shape index (κ3) is 2.13. The second-order valence-corrected chi connectivity index (χ2v) is 4.59. The standard InChI is InChI=1S/C13H14N6O/c1-8-11-3-10(7-14-12(11)19(2)18-8)13(20)15-4-9-5-16-17-6-9/h3,5-7H,4H2,1-2H3,(H,15,20)(H,16,17). The lowest BCUT2D eigenvalue weighted by atomic mass is 10.2. The lowest BCUT2D eigenvalue weighted by Gasteiger charge is -2.03. The first-order valence-corrected chi connectivity index (χ1v) is 6.20. The van der Waals surface area contributed by atoms with Gasteiger partial charge in [-0.05, 0) is 13.0 Å². The number of hydrogen-bond acceptors (Lipinski definition) is 4. The van der Waals surface area contributed by atoms with Gasteiger partial charge >= 0.3 is 0 Å². The maximum Gasteiger partial charge on any atom is 0.253 e. The average molecular weight is 270 g/mol. The quantitative estimate of drug-likeness (QED) is 0.741. The Bertz CT molecular complexity index is 759. The van der Waals surface area contributed by atoms with Crippen molar-refractivity contribution in [1.82, 2.24) is 30.3 Å². The van der Waals surface area contributed by atoms with Gasteiger partial charge in [0.15, 0.2) is 5.65 Å². The van der Waals surface area contributed by atoms with Gasteiger partial charge in [-0.1, -0.05) is 0 Å². The van der Waals surface area contributed by atoms with E-state index < -0.39 is 0 Å². The van der Waals surface area contributed by atoms with Crippen molar-refractivity contribution in [3.63, 3.8) is 0 Å². The monoisotopic (exact) mass is 270 g/mol. The number of carbonyl (C=O) groups is 1. The van der Waals surface area contributed by atoms with Crippen LogP contribution in [-0.4, -0.2) is 30.9 Å². The van der Waals surface area contributed by atoms with Crippen LogP contribution in [0, 0.1) is 6.92 Å². The van der Waals surface area contributed by atoms with Gasteiger partial charge in [-0.2, -0.15) is 10.2 Å². The van der Waals surface area contributed by atoms with Crippen molar-refractivity contribution in [2.75, 3.05) is 0 Å². The van der Waals surface area contributed by atoms with E-state index in [-0.39, 0.29) is 5.91 Å². The first-order valence-electron chi connectivity index (χ1n) is 6.20. The van der Waals surface area contributed by atoms with Crippen LogP contribution in [0.3, 0.4) is 0 Å². The molecule has 0 aliphatic rings. The van der Waals surface area contributed by atoms with Gasteiger partial charge in [0, 0.05) is 36.9 Å². The van der Waals surface area contributed by atoms with Crippen LogP contribution in [0.1, 0.15) is 21.6 Å². The molecule has 7 nitrogen and oxygen atoms in total. The first kappa shape index (κ1) is 12.3. The lowest BCUT2D eigenvalue weighted by molar-refractivity contribution is 0.0950. The maximum atomic E-state index is 12.1. The summed E-state index contributed by atoms with van der Waals surface area (Å²) in [6.45, 7) is 2.33. The minimum atomic E-state index is -0.163. The fourth-order valence-electron chi connectivity index (χ4n) is 2.09. The van der Waals surface area contributed by atoms with E-state index >= 15 is 0 Å². The van der Waals surface area contributed by atoms with Crippen LogP contribution >= 0.6 is 0 Å². The molecule has 0 spiro atoms. The second-order valence-electron chi connectivity index (χ2n) is 4.59. The Morgan fingerprint density at radius 1 is 1.45 bits per heavy atom. The summed E-state index contributed by atoms with van der Waals surface area (Å²) < 4.78 is 1.71. The van der Waals surface area contributed by atoms with Crippen molar-refractivity contribution in [2.24, 2.45) is 7.05 Å². The summed E-state index contributed by atoms with van der Waals surface area (Å²) in [5.41, 5.74) is 3.08. The average Bonchev–Trinajstić information content (AvgIpc) is 3.05. The summed E-state index contributed by atoms with van der Waals surface area (Å²) in [4.78, 5) is 16.4. The topological polar surface area (TPSA) is 88.5 Å². The summed E-state index contributed by atoms with van der Waals surface area (Å²) >= 11 is 0. The molecule has 0 aromatic carbocycles. The van der Waals surface area contributed by atoms with Crippen molar-refractivity contribution in [1.29, 1.82) is 0 Å². The number of carbonyl (C=O) groups excluding carboxylic acids is 1. The Kier molecular flexibility index (Phi) is 2.94. The number of rotatable bonds is 3. The molecule has 3 rings (SSSR count). The fourth-order valence-corrected chi connectivity index (χ4v) is 2.09. The van der Waals surface area contributed by atoms with Gasteiger partial charge in [0.1, 0.15) is 0 Å². The van der Waals surface area contributed by atoms with Crippen molar-refractivity contribution >= 4 is 16.9 Å². The van der Waals surface area contributed by atoms with Crippen molar-refractivity contribution in [3.8, 4) is 0 Å². The summed E-state index contributed by atoms with van der Waals surface area (Å²) in [6, 6.07) is 1.81. The molecule has 102 valence electrons. The number of H-pyrrole nitrogens is 1. The molecule has 3 heterocycles. The number of nitrogens with zero attached hydrogens (tertiary/aromatic N) is 4. The van der Waals surface area contributed by atoms with Crippen molar-refractivity contribution in [3.05, 3.63) is 41.5 Å². The number of aromatic amines is 1. The highest BCUT2D eigenvalue weighted by atomic mass is 16.1. The summed E-state index contributed by atoms with van der Waals surface area (Å²) in [7, 11) is 1.83. The molecule has 3 aromatic heterocycles. The predicted molar refractivity (Wildman–Crippen MR) is 73.0 cm³/mol. The van der Waals surface area contributed by atoms with Crippen LogP contribution < -0.4 is 5.32 Å². The number of pyridine rings is 1. The van der Waals surface area contributed by atoms with E-state index in [4.69, 9.17) is 0 Å². The van der Waals surface area contributed by atoms with Crippen LogP contribution in [-0.2, 0) is 13.6 Å². The Labute approximate surface area is 115 Å². The molecule has 0 radical (unpaired) electrons. The SMILES string of the molecule is Cc1nn(C)c2ncc(C(=O)NCc3cn[nH]c3)cc12. The number of aryl methyl sites for hydroxylation is 2. The van der Waals surface area contributed by atoms with Gasteiger partial charge in [-0.3, -0.25) is 14.6 Å². The van der Waals surface area contributed by atoms with Crippen LogP contribution in [0.25, 0.3) is 11.0 Å². The van der Waals surface area contributed by atoms with Gasteiger partial charge < -0.3 is 5.32 Å². The normalized spacial score (nSPS) is 10.9. The van der Waals surface area contributed by atoms with Gasteiger partial charge in [-0.25, -0.2) is 4.98 Å². The zero-order valence-electron chi connectivity index (χ0n) is 11.2. The van der Waals surface area contributed by atoms with E-state index in [9.17, 15) is 4.79 Å². The Morgan fingerprint density at radius 2 is 2.30 bits per heavy atom. The summed E-state index contributed by atoms with van der Waals surface area (Å²) in [6.07, 6.45) is 4.98. The van der Waals surface area contributed by atoms with E-state index in [1.807, 2.05) is 20.0 Å². The zero-order valence-corrected chi connectivity index (χ0v) is 11.2. The maximum absolute atomic E-state index is 12.1. The van der Waals surface area contributed by atoms with Crippen LogP contribution in [0.15, 0.2) is 24.7 Å². The van der Waals surface area contributed by atoms with E-state index in [1.54, 1.807) is 23.3 Å².